The molecule has 2 aliphatic heterocycles. The first kappa shape index (κ1) is 33.3. The maximum absolute atomic E-state index is 13.2. The van der Waals surface area contributed by atoms with Crippen LogP contribution < -0.4 is 10.6 Å². The number of amides is 6. The summed E-state index contributed by atoms with van der Waals surface area (Å²) in [5, 5.41) is 13.6. The molecule has 2 atom stereocenters. The van der Waals surface area contributed by atoms with Crippen LogP contribution in [0.3, 0.4) is 0 Å². The fourth-order valence-electron chi connectivity index (χ4n) is 4.69. The van der Waals surface area contributed by atoms with E-state index in [1.165, 1.54) is 44.7 Å². The van der Waals surface area contributed by atoms with Crippen molar-refractivity contribution in [3.05, 3.63) is 76.7 Å². The second-order valence-corrected chi connectivity index (χ2v) is 13.1. The van der Waals surface area contributed by atoms with Crippen LogP contribution in [-0.4, -0.2) is 80.9 Å². The first-order chi connectivity index (χ1) is 21.4. The maximum Gasteiger partial charge on any atom is 0.411 e. The molecule has 0 aromatic heterocycles. The van der Waals surface area contributed by atoms with E-state index < -0.39 is 48.3 Å². The van der Waals surface area contributed by atoms with Gasteiger partial charge in [0.1, 0.15) is 19.2 Å². The van der Waals surface area contributed by atoms with Gasteiger partial charge in [-0.1, -0.05) is 71.5 Å². The lowest BCUT2D eigenvalue weighted by Gasteiger charge is -2.27. The van der Waals surface area contributed by atoms with Gasteiger partial charge in [0.2, 0.25) is 17.7 Å². The topological polar surface area (TPSA) is 179 Å². The van der Waals surface area contributed by atoms with E-state index >= 15 is 0 Å². The average Bonchev–Trinajstić information content (AvgIpc) is 3.25. The number of rotatable bonds is 13. The molecule has 1 unspecified atom stereocenters. The van der Waals surface area contributed by atoms with E-state index in [2.05, 4.69) is 17.2 Å². The van der Waals surface area contributed by atoms with E-state index in [0.29, 0.717) is 4.91 Å². The Bertz CT molecular complexity index is 1550. The molecule has 4 rings (SSSR count). The van der Waals surface area contributed by atoms with Gasteiger partial charge in [-0.25, -0.2) is 4.79 Å². The van der Waals surface area contributed by atoms with Crippen molar-refractivity contribution >= 4 is 68.9 Å². The number of carbonyl (C=O) groups excluding carboxylic acids is 6. The molecule has 0 bridgehead atoms. The number of nitrogens with one attached hydrogen (secondary N) is 2. The van der Waals surface area contributed by atoms with Crippen molar-refractivity contribution in [2.24, 2.45) is 0 Å². The minimum absolute atomic E-state index is 0.000214. The molecule has 2 aliphatic rings. The van der Waals surface area contributed by atoms with E-state index in [1.54, 1.807) is 0 Å². The quantitative estimate of drug-likeness (QED) is 0.213. The van der Waals surface area contributed by atoms with Crippen LogP contribution in [0.5, 0.6) is 0 Å². The third-order valence-electron chi connectivity index (χ3n) is 6.76. The lowest BCUT2D eigenvalue weighted by Crippen LogP contribution is -2.54. The fraction of sp³-hybridized carbons (Fsp3) is 0.300. The monoisotopic (exact) mass is 654 g/mol. The first-order valence-electron chi connectivity index (χ1n) is 13.8. The molecule has 2 aromatic carbocycles. The van der Waals surface area contributed by atoms with Crippen LogP contribution in [0.1, 0.15) is 52.5 Å². The Labute approximate surface area is 266 Å². The van der Waals surface area contributed by atoms with Crippen molar-refractivity contribution in [2.75, 3.05) is 18.5 Å². The summed E-state index contributed by atoms with van der Waals surface area (Å²) in [6.07, 6.45) is -0.856. The number of aliphatic carboxylic acids is 1. The van der Waals surface area contributed by atoms with Crippen LogP contribution in [0.4, 0.5) is 10.5 Å². The van der Waals surface area contributed by atoms with E-state index in [1.807, 2.05) is 37.3 Å². The summed E-state index contributed by atoms with van der Waals surface area (Å²) in [6.45, 7) is 5.22. The van der Waals surface area contributed by atoms with Crippen molar-refractivity contribution in [1.82, 2.24) is 15.1 Å². The SMILES string of the molecule is C=C(COC(=O)Nc1cccc2c1C(=O)N(C1CCC(=O)NC1=O)C2=O)SS[C@H](C)CC(=O)N(CC(=O)O)Cc1ccccc1. The first-order valence-corrected chi connectivity index (χ1v) is 16.0. The van der Waals surface area contributed by atoms with Gasteiger partial charge in [-0.2, -0.15) is 0 Å². The smallest absolute Gasteiger partial charge is 0.411 e. The molecular weight excluding hydrogens is 624 g/mol. The Balaban J connectivity index is 1.26. The van der Waals surface area contributed by atoms with Crippen molar-refractivity contribution in [2.45, 2.75) is 44.0 Å². The number of nitrogens with zero attached hydrogens (tertiary/aromatic N) is 2. The van der Waals surface area contributed by atoms with Gasteiger partial charge in [0.15, 0.2) is 0 Å². The number of fused-ring (bicyclic) bond motifs is 1. The maximum atomic E-state index is 13.2. The standard InChI is InChI=1S/C30H30N4O9S2/c1-17(13-24(36)33(15-25(37)38)14-19-7-4-3-5-8-19)44-45-18(2)16-43-30(42)31-21-10-6-9-20-26(21)29(41)34(28(20)40)22-11-12-23(35)32-27(22)39/h3-10,17,22H,2,11-16H2,1H3,(H,31,42)(H,37,38)(H,32,35,39)/t17-,22?/m1/s1. The highest BCUT2D eigenvalue weighted by molar-refractivity contribution is 8.78. The molecule has 3 N–H and O–H groups in total. The van der Waals surface area contributed by atoms with Gasteiger partial charge < -0.3 is 14.7 Å². The van der Waals surface area contributed by atoms with Crippen LogP contribution in [0.2, 0.25) is 0 Å². The average molecular weight is 655 g/mol. The van der Waals surface area contributed by atoms with Crippen LogP contribution in [0, 0.1) is 0 Å². The predicted molar refractivity (Wildman–Crippen MR) is 166 cm³/mol. The summed E-state index contributed by atoms with van der Waals surface area (Å²) in [4.78, 5) is 89.2. The second kappa shape index (κ2) is 14.9. The van der Waals surface area contributed by atoms with Crippen LogP contribution >= 0.6 is 21.6 Å². The van der Waals surface area contributed by atoms with Crippen molar-refractivity contribution in [1.29, 1.82) is 0 Å². The highest BCUT2D eigenvalue weighted by Gasteiger charge is 2.45. The molecule has 15 heteroatoms. The van der Waals surface area contributed by atoms with Crippen LogP contribution in [0.25, 0.3) is 0 Å². The molecule has 6 amide bonds. The molecule has 2 aromatic rings. The molecule has 236 valence electrons. The van der Waals surface area contributed by atoms with E-state index in [0.717, 1.165) is 10.5 Å². The molecule has 2 heterocycles. The van der Waals surface area contributed by atoms with Gasteiger partial charge in [0.05, 0.1) is 16.8 Å². The second-order valence-electron chi connectivity index (χ2n) is 10.2. The lowest BCUT2D eigenvalue weighted by atomic mass is 10.0. The molecule has 0 aliphatic carbocycles. The molecular formula is C30H30N4O9S2. The minimum atomic E-state index is -1.14. The lowest BCUT2D eigenvalue weighted by molar-refractivity contribution is -0.144. The summed E-state index contributed by atoms with van der Waals surface area (Å²) >= 11 is 0. The zero-order chi connectivity index (χ0) is 32.7. The Morgan fingerprint density at radius 1 is 1.11 bits per heavy atom. The number of hydrogen-bond donors (Lipinski definition) is 3. The van der Waals surface area contributed by atoms with Crippen LogP contribution in [0.15, 0.2) is 60.0 Å². The normalized spacial score (nSPS) is 16.5. The van der Waals surface area contributed by atoms with Crippen molar-refractivity contribution in [3.63, 3.8) is 0 Å². The van der Waals surface area contributed by atoms with E-state index in [4.69, 9.17) is 4.74 Å². The molecule has 0 radical (unpaired) electrons. The highest BCUT2D eigenvalue weighted by atomic mass is 33.1. The summed E-state index contributed by atoms with van der Waals surface area (Å²) in [5.74, 6) is -4.14. The fourth-order valence-corrected chi connectivity index (χ4v) is 6.56. The molecule has 0 saturated carbocycles. The van der Waals surface area contributed by atoms with Gasteiger partial charge >= 0.3 is 12.1 Å². The Morgan fingerprint density at radius 2 is 1.84 bits per heavy atom. The number of anilines is 1. The number of carbonyl (C=O) groups is 7. The number of benzene rings is 2. The Hall–Kier alpha value is -4.63. The summed E-state index contributed by atoms with van der Waals surface area (Å²) < 4.78 is 5.23. The number of ether oxygens (including phenoxy) is 1. The molecule has 1 saturated heterocycles. The van der Waals surface area contributed by atoms with Crippen LogP contribution in [-0.2, 0) is 30.5 Å². The molecule has 0 spiro atoms. The third kappa shape index (κ3) is 8.51. The predicted octanol–water partition coefficient (Wildman–Crippen LogP) is 3.42. The summed E-state index contributed by atoms with van der Waals surface area (Å²) in [7, 11) is 2.52. The zero-order valence-electron chi connectivity index (χ0n) is 24.1. The van der Waals surface area contributed by atoms with Crippen molar-refractivity contribution < 1.29 is 43.4 Å². The van der Waals surface area contributed by atoms with E-state index in [9.17, 15) is 38.7 Å². The molecule has 45 heavy (non-hydrogen) atoms. The highest BCUT2D eigenvalue weighted by Crippen LogP contribution is 2.35. The van der Waals surface area contributed by atoms with Crippen molar-refractivity contribution in [3.8, 4) is 0 Å². The number of carboxylic acids is 1. The van der Waals surface area contributed by atoms with E-state index in [-0.39, 0.29) is 60.4 Å². The summed E-state index contributed by atoms with van der Waals surface area (Å²) in [5.41, 5.74) is 0.754. The minimum Gasteiger partial charge on any atom is -0.480 e. The Morgan fingerprint density at radius 3 is 2.53 bits per heavy atom. The number of piperidine rings is 1. The zero-order valence-corrected chi connectivity index (χ0v) is 25.8. The molecule has 1 fully saturated rings. The number of carboxylic acid groups (broad SMARTS) is 1. The van der Waals surface area contributed by atoms with Gasteiger partial charge in [0.25, 0.3) is 11.8 Å². The largest absolute Gasteiger partial charge is 0.480 e. The Kier molecular flexibility index (Phi) is 11.0. The molecule has 13 nitrogen and oxygen atoms in total. The van der Waals surface area contributed by atoms with Gasteiger partial charge in [-0.3, -0.25) is 44.3 Å². The number of hydrogen-bond acceptors (Lipinski definition) is 10. The number of imide groups is 2. The third-order valence-corrected chi connectivity index (χ3v) is 9.68. The van der Waals surface area contributed by atoms with Gasteiger partial charge in [0, 0.05) is 29.5 Å². The summed E-state index contributed by atoms with van der Waals surface area (Å²) in [6, 6.07) is 12.2. The van der Waals surface area contributed by atoms with Gasteiger partial charge in [-0.15, -0.1) is 0 Å². The van der Waals surface area contributed by atoms with Gasteiger partial charge in [-0.05, 0) is 24.1 Å².